The van der Waals surface area contributed by atoms with Crippen molar-refractivity contribution in [2.24, 2.45) is 5.92 Å². The minimum Gasteiger partial charge on any atom is -0.449 e. The van der Waals surface area contributed by atoms with Crippen LogP contribution >= 0.6 is 0 Å². The molecular formula is C34H59N3O6. The van der Waals surface area contributed by atoms with Gasteiger partial charge in [0, 0.05) is 32.0 Å². The zero-order valence-electron chi connectivity index (χ0n) is 27.6. The van der Waals surface area contributed by atoms with Crippen LogP contribution in [0.3, 0.4) is 0 Å². The third-order valence-electron chi connectivity index (χ3n) is 9.68. The number of amides is 2. The van der Waals surface area contributed by atoms with E-state index >= 15 is 0 Å². The molecule has 43 heavy (non-hydrogen) atoms. The van der Waals surface area contributed by atoms with Crippen LogP contribution in [0.4, 0.5) is 4.79 Å². The largest absolute Gasteiger partial charge is 0.449 e. The molecule has 2 unspecified atom stereocenters. The minimum atomic E-state index is -0.444. The molecule has 0 saturated carbocycles. The molecule has 0 aliphatic carbocycles. The monoisotopic (exact) mass is 605 g/mol. The average molecular weight is 606 g/mol. The van der Waals surface area contributed by atoms with Gasteiger partial charge < -0.3 is 19.9 Å². The maximum absolute atomic E-state index is 12.6. The van der Waals surface area contributed by atoms with E-state index in [1.807, 2.05) is 7.05 Å². The van der Waals surface area contributed by atoms with Gasteiger partial charge in [-0.3, -0.25) is 19.2 Å². The fourth-order valence-corrected chi connectivity index (χ4v) is 6.69. The summed E-state index contributed by atoms with van der Waals surface area (Å²) in [6, 6.07) is -0.200. The molecule has 2 aliphatic rings. The first kappa shape index (κ1) is 36.9. The lowest BCUT2D eigenvalue weighted by atomic mass is 9.83. The quantitative estimate of drug-likeness (QED) is 0.150. The van der Waals surface area contributed by atoms with Crippen LogP contribution in [0.5, 0.6) is 0 Å². The molecule has 1 N–H and O–H groups in total. The van der Waals surface area contributed by atoms with E-state index in [9.17, 15) is 24.0 Å². The molecule has 2 aliphatic heterocycles. The highest BCUT2D eigenvalue weighted by molar-refractivity contribution is 5.88. The Balaban J connectivity index is 1.50. The van der Waals surface area contributed by atoms with Crippen molar-refractivity contribution in [1.82, 2.24) is 15.1 Å². The first-order chi connectivity index (χ1) is 20.6. The Bertz CT molecular complexity index is 909. The summed E-state index contributed by atoms with van der Waals surface area (Å²) in [4.78, 5) is 63.9. The third kappa shape index (κ3) is 12.7. The number of ether oxygens (including phenoxy) is 1. The lowest BCUT2D eigenvalue weighted by Gasteiger charge is -2.31. The first-order valence-corrected chi connectivity index (χ1v) is 17.0. The number of Topliss-reactive ketones (excluding diaryl/α,β-unsaturated/α-hetero) is 3. The Kier molecular flexibility index (Phi) is 17.1. The summed E-state index contributed by atoms with van der Waals surface area (Å²) in [5.74, 6) is 0.546. The molecule has 0 aromatic heterocycles. The molecule has 246 valence electrons. The molecular weight excluding hydrogens is 546 g/mol. The van der Waals surface area contributed by atoms with Gasteiger partial charge in [0.15, 0.2) is 5.78 Å². The number of likely N-dealkylation sites (N-methyl/N-ethyl adjacent to an activating group) is 1. The van der Waals surface area contributed by atoms with Crippen LogP contribution in [0.25, 0.3) is 0 Å². The summed E-state index contributed by atoms with van der Waals surface area (Å²) in [6.07, 6.45) is 16.8. The van der Waals surface area contributed by atoms with Gasteiger partial charge in [-0.15, -0.1) is 0 Å². The van der Waals surface area contributed by atoms with E-state index in [2.05, 4.69) is 5.32 Å². The molecule has 0 bridgehead atoms. The molecule has 0 aromatic rings. The fraction of sp³-hybridized carbons (Fsp3) is 0.853. The zero-order chi connectivity index (χ0) is 31.7. The van der Waals surface area contributed by atoms with Gasteiger partial charge in [-0.1, -0.05) is 64.2 Å². The van der Waals surface area contributed by atoms with Crippen LogP contribution in [0.1, 0.15) is 136 Å². The summed E-state index contributed by atoms with van der Waals surface area (Å²) in [6.45, 7) is 7.09. The topological polar surface area (TPSA) is 113 Å². The SMILES string of the molecule is CNC(CCCCCCCCOC(=O)N1CCC(C(C)=O)C1)(CCCCCCCCC(=O)N1CCC[C@@H]1C(C)=O)C(C)=O. The van der Waals surface area contributed by atoms with Gasteiger partial charge in [-0.2, -0.15) is 0 Å². The molecule has 2 fully saturated rings. The maximum Gasteiger partial charge on any atom is 0.409 e. The third-order valence-corrected chi connectivity index (χ3v) is 9.68. The van der Waals surface area contributed by atoms with Gasteiger partial charge in [0.25, 0.3) is 0 Å². The average Bonchev–Trinajstić information content (AvgIpc) is 3.67. The molecule has 9 nitrogen and oxygen atoms in total. The van der Waals surface area contributed by atoms with Gasteiger partial charge in [0.1, 0.15) is 11.6 Å². The number of likely N-dealkylation sites (tertiary alicyclic amines) is 2. The van der Waals surface area contributed by atoms with Gasteiger partial charge in [-0.25, -0.2) is 4.79 Å². The Morgan fingerprint density at radius 2 is 1.33 bits per heavy atom. The number of hydrogen-bond donors (Lipinski definition) is 1. The summed E-state index contributed by atoms with van der Waals surface area (Å²) < 4.78 is 5.38. The number of hydrogen-bond acceptors (Lipinski definition) is 7. The second-order valence-corrected chi connectivity index (χ2v) is 12.9. The van der Waals surface area contributed by atoms with Crippen LogP contribution in [-0.4, -0.2) is 84.0 Å². The Hall–Kier alpha value is -2.29. The normalized spacial score (nSPS) is 19.8. The molecule has 2 amide bonds. The van der Waals surface area contributed by atoms with Gasteiger partial charge >= 0.3 is 6.09 Å². The van der Waals surface area contributed by atoms with Crippen molar-refractivity contribution in [3.63, 3.8) is 0 Å². The minimum absolute atomic E-state index is 0.0409. The molecule has 0 aromatic carbocycles. The molecule has 3 atom stereocenters. The van der Waals surface area contributed by atoms with E-state index in [0.717, 1.165) is 116 Å². The molecule has 2 saturated heterocycles. The highest BCUT2D eigenvalue weighted by Gasteiger charge is 2.33. The van der Waals surface area contributed by atoms with E-state index in [1.165, 1.54) is 0 Å². The second kappa shape index (κ2) is 19.9. The number of nitrogens with zero attached hydrogens (tertiary/aromatic N) is 2. The highest BCUT2D eigenvalue weighted by atomic mass is 16.6. The summed E-state index contributed by atoms with van der Waals surface area (Å²) in [5, 5.41) is 3.35. The Labute approximate surface area is 260 Å². The number of carbonyl (C=O) groups excluding carboxylic acids is 5. The van der Waals surface area contributed by atoms with Gasteiger partial charge in [0.05, 0.1) is 18.2 Å². The summed E-state index contributed by atoms with van der Waals surface area (Å²) in [5.41, 5.74) is -0.444. The number of rotatable bonds is 22. The van der Waals surface area contributed by atoms with Crippen molar-refractivity contribution in [1.29, 1.82) is 0 Å². The van der Waals surface area contributed by atoms with E-state index in [0.29, 0.717) is 26.1 Å². The summed E-state index contributed by atoms with van der Waals surface area (Å²) >= 11 is 0. The summed E-state index contributed by atoms with van der Waals surface area (Å²) in [7, 11) is 1.90. The maximum atomic E-state index is 12.6. The van der Waals surface area contributed by atoms with E-state index in [-0.39, 0.29) is 41.3 Å². The van der Waals surface area contributed by atoms with Crippen LogP contribution in [-0.2, 0) is 23.9 Å². The van der Waals surface area contributed by atoms with E-state index in [4.69, 9.17) is 4.74 Å². The Morgan fingerprint density at radius 3 is 1.86 bits per heavy atom. The lowest BCUT2D eigenvalue weighted by Crippen LogP contribution is -2.49. The number of nitrogens with one attached hydrogen (secondary N) is 1. The number of ketones is 3. The van der Waals surface area contributed by atoms with Crippen molar-refractivity contribution in [3.05, 3.63) is 0 Å². The molecule has 0 radical (unpaired) electrons. The highest BCUT2D eigenvalue weighted by Crippen LogP contribution is 2.25. The number of carbonyl (C=O) groups is 5. The van der Waals surface area contributed by atoms with Gasteiger partial charge in [-0.05, 0) is 72.8 Å². The fourth-order valence-electron chi connectivity index (χ4n) is 6.69. The smallest absolute Gasteiger partial charge is 0.409 e. The molecule has 0 spiro atoms. The molecule has 2 heterocycles. The van der Waals surface area contributed by atoms with Crippen LogP contribution in [0.2, 0.25) is 0 Å². The number of unbranched alkanes of at least 4 members (excludes halogenated alkanes) is 10. The van der Waals surface area contributed by atoms with Crippen LogP contribution in [0.15, 0.2) is 0 Å². The van der Waals surface area contributed by atoms with Crippen LogP contribution in [0, 0.1) is 5.92 Å². The first-order valence-electron chi connectivity index (χ1n) is 17.0. The predicted molar refractivity (Wildman–Crippen MR) is 169 cm³/mol. The van der Waals surface area contributed by atoms with E-state index in [1.54, 1.807) is 30.6 Å². The van der Waals surface area contributed by atoms with Gasteiger partial charge in [0.2, 0.25) is 5.91 Å². The Morgan fingerprint density at radius 1 is 0.744 bits per heavy atom. The lowest BCUT2D eigenvalue weighted by molar-refractivity contribution is -0.137. The van der Waals surface area contributed by atoms with E-state index < -0.39 is 5.54 Å². The zero-order valence-corrected chi connectivity index (χ0v) is 27.6. The predicted octanol–water partition coefficient (Wildman–Crippen LogP) is 6.01. The van der Waals surface area contributed by atoms with Crippen molar-refractivity contribution >= 4 is 29.4 Å². The van der Waals surface area contributed by atoms with Crippen molar-refractivity contribution in [2.45, 2.75) is 148 Å². The van der Waals surface area contributed by atoms with Crippen molar-refractivity contribution in [2.75, 3.05) is 33.3 Å². The molecule has 9 heteroatoms. The second-order valence-electron chi connectivity index (χ2n) is 12.9. The molecule has 2 rings (SSSR count). The van der Waals surface area contributed by atoms with Crippen molar-refractivity contribution < 1.29 is 28.7 Å². The standard InChI is InChI=1S/C34H59N3O6/c1-27(38)30-20-24-36(26-30)33(42)43-25-16-12-8-7-11-15-22-34(35-4,29(3)40)21-14-10-6-5-9-13-19-32(41)37-23-17-18-31(37)28(2)39/h30-31,35H,5-26H2,1-4H3/t30?,31-,34?/m1/s1. The van der Waals surface area contributed by atoms with Crippen molar-refractivity contribution in [3.8, 4) is 0 Å². The van der Waals surface area contributed by atoms with Crippen LogP contribution < -0.4 is 5.32 Å².